The minimum absolute atomic E-state index is 0.0318. The molecular weight excluding hydrogens is 367 g/mol. The summed E-state index contributed by atoms with van der Waals surface area (Å²) in [4.78, 5) is 17.7. The number of nitrogens with zero attached hydrogens (tertiary/aromatic N) is 1. The standard InChI is InChI=1S/C24H27FN2O2/c1-14(2)29-17-8-6-7-15(9-17)24(5)18-10-16(25)13-26-22(18)27-19-11-23(3,4)12-20(28)21(19)24/h6-10,13-14H,11-12H2,1-5H3,(H,26,27). The third-order valence-corrected chi connectivity index (χ3v) is 5.82. The lowest BCUT2D eigenvalue weighted by atomic mass is 9.62. The van der Waals surface area contributed by atoms with Crippen LogP contribution in [0.2, 0.25) is 0 Å². The van der Waals surface area contributed by atoms with Gasteiger partial charge in [0.1, 0.15) is 17.4 Å². The summed E-state index contributed by atoms with van der Waals surface area (Å²) in [5.74, 6) is 1.01. The van der Waals surface area contributed by atoms with Crippen molar-refractivity contribution in [2.24, 2.45) is 5.41 Å². The summed E-state index contributed by atoms with van der Waals surface area (Å²) in [6, 6.07) is 9.24. The molecule has 0 saturated heterocycles. The molecule has 2 heterocycles. The highest BCUT2D eigenvalue weighted by Gasteiger charge is 2.48. The SMILES string of the molecule is CC(C)Oc1cccc(C2(C)C3=C(CC(C)(C)CC3=O)Nc3ncc(F)cc32)c1. The smallest absolute Gasteiger partial charge is 0.162 e. The maximum absolute atomic E-state index is 14.2. The van der Waals surface area contributed by atoms with E-state index in [0.29, 0.717) is 23.4 Å². The summed E-state index contributed by atoms with van der Waals surface area (Å²) in [5, 5.41) is 3.33. The van der Waals surface area contributed by atoms with Crippen molar-refractivity contribution < 1.29 is 13.9 Å². The van der Waals surface area contributed by atoms with E-state index in [1.165, 1.54) is 12.3 Å². The Morgan fingerprint density at radius 2 is 1.93 bits per heavy atom. The summed E-state index contributed by atoms with van der Waals surface area (Å²) < 4.78 is 20.1. The number of hydrogen-bond acceptors (Lipinski definition) is 4. The van der Waals surface area contributed by atoms with Crippen molar-refractivity contribution in [2.75, 3.05) is 5.32 Å². The number of carbonyl (C=O) groups is 1. The maximum Gasteiger partial charge on any atom is 0.162 e. The van der Waals surface area contributed by atoms with Gasteiger partial charge in [-0.1, -0.05) is 26.0 Å². The van der Waals surface area contributed by atoms with Gasteiger partial charge in [0.2, 0.25) is 0 Å². The highest BCUT2D eigenvalue weighted by atomic mass is 19.1. The van der Waals surface area contributed by atoms with E-state index in [1.807, 2.05) is 45.0 Å². The second-order valence-corrected chi connectivity index (χ2v) is 9.29. The number of anilines is 1. The highest BCUT2D eigenvalue weighted by molar-refractivity contribution is 6.02. The molecule has 1 aliphatic carbocycles. The number of Topliss-reactive ketones (excluding diaryl/α,β-unsaturated/α-hetero) is 1. The molecule has 1 aromatic heterocycles. The van der Waals surface area contributed by atoms with E-state index in [9.17, 15) is 9.18 Å². The second-order valence-electron chi connectivity index (χ2n) is 9.29. The van der Waals surface area contributed by atoms with Gasteiger partial charge in [0.15, 0.2) is 5.78 Å². The fraction of sp³-hybridized carbons (Fsp3) is 0.417. The van der Waals surface area contributed by atoms with Crippen molar-refractivity contribution in [3.63, 3.8) is 0 Å². The van der Waals surface area contributed by atoms with E-state index < -0.39 is 11.2 Å². The lowest BCUT2D eigenvalue weighted by Crippen LogP contribution is -2.42. The number of halogens is 1. The van der Waals surface area contributed by atoms with Crippen LogP contribution in [0.5, 0.6) is 5.75 Å². The summed E-state index contributed by atoms with van der Waals surface area (Å²) >= 11 is 0. The fourth-order valence-electron chi connectivity index (χ4n) is 4.66. The average molecular weight is 394 g/mol. The van der Waals surface area contributed by atoms with E-state index >= 15 is 0 Å². The van der Waals surface area contributed by atoms with Crippen molar-refractivity contribution >= 4 is 11.6 Å². The number of pyridine rings is 1. The molecule has 1 aromatic carbocycles. The van der Waals surface area contributed by atoms with E-state index in [4.69, 9.17) is 4.74 Å². The van der Waals surface area contributed by atoms with Crippen LogP contribution >= 0.6 is 0 Å². The number of ketones is 1. The van der Waals surface area contributed by atoms with Crippen molar-refractivity contribution in [1.82, 2.24) is 4.98 Å². The van der Waals surface area contributed by atoms with Crippen LogP contribution in [0.3, 0.4) is 0 Å². The number of benzene rings is 1. The zero-order chi connectivity index (χ0) is 21.0. The van der Waals surface area contributed by atoms with Crippen molar-refractivity contribution in [3.05, 3.63) is 64.7 Å². The first kappa shape index (κ1) is 19.6. The van der Waals surface area contributed by atoms with Crippen LogP contribution in [0.4, 0.5) is 10.2 Å². The van der Waals surface area contributed by atoms with Gasteiger partial charge in [0.25, 0.3) is 0 Å². The van der Waals surface area contributed by atoms with Gasteiger partial charge in [-0.05, 0) is 56.4 Å². The van der Waals surface area contributed by atoms with Crippen molar-refractivity contribution in [2.45, 2.75) is 59.0 Å². The average Bonchev–Trinajstić information content (AvgIpc) is 2.60. The van der Waals surface area contributed by atoms with Crippen LogP contribution < -0.4 is 10.1 Å². The minimum Gasteiger partial charge on any atom is -0.491 e. The number of carbonyl (C=O) groups excluding carboxylic acids is 1. The first-order valence-electron chi connectivity index (χ1n) is 10.1. The zero-order valence-electron chi connectivity index (χ0n) is 17.6. The van der Waals surface area contributed by atoms with Crippen LogP contribution in [-0.2, 0) is 10.2 Å². The van der Waals surface area contributed by atoms with Crippen molar-refractivity contribution in [1.29, 1.82) is 0 Å². The molecule has 29 heavy (non-hydrogen) atoms. The van der Waals surface area contributed by atoms with Crippen LogP contribution in [0, 0.1) is 11.2 Å². The number of allylic oxidation sites excluding steroid dienone is 2. The van der Waals surface area contributed by atoms with E-state index in [0.717, 1.165) is 23.4 Å². The Morgan fingerprint density at radius 1 is 1.17 bits per heavy atom. The summed E-state index contributed by atoms with van der Waals surface area (Å²) in [6.07, 6.45) is 2.45. The van der Waals surface area contributed by atoms with E-state index in [1.54, 1.807) is 0 Å². The normalized spacial score (nSPS) is 22.8. The maximum atomic E-state index is 14.2. The predicted octanol–water partition coefficient (Wildman–Crippen LogP) is 5.38. The Hall–Kier alpha value is -2.69. The molecule has 1 aliphatic heterocycles. The van der Waals surface area contributed by atoms with Gasteiger partial charge in [-0.2, -0.15) is 0 Å². The van der Waals surface area contributed by atoms with Crippen molar-refractivity contribution in [3.8, 4) is 5.75 Å². The number of fused-ring (bicyclic) bond motifs is 1. The second kappa shape index (κ2) is 6.68. The fourth-order valence-corrected chi connectivity index (χ4v) is 4.66. The molecule has 5 heteroatoms. The molecular formula is C24H27FN2O2. The van der Waals surface area contributed by atoms with Crippen LogP contribution in [0.25, 0.3) is 0 Å². The Labute approximate surface area is 171 Å². The molecule has 0 spiro atoms. The quantitative estimate of drug-likeness (QED) is 0.759. The lowest BCUT2D eigenvalue weighted by Gasteiger charge is -2.44. The Bertz CT molecular complexity index is 1030. The number of ether oxygens (including phenoxy) is 1. The molecule has 1 atom stereocenters. The van der Waals surface area contributed by atoms with E-state index in [-0.39, 0.29) is 17.3 Å². The topological polar surface area (TPSA) is 51.2 Å². The molecule has 0 amide bonds. The lowest BCUT2D eigenvalue weighted by molar-refractivity contribution is -0.118. The first-order valence-corrected chi connectivity index (χ1v) is 10.1. The number of nitrogens with one attached hydrogen (secondary N) is 1. The molecule has 1 N–H and O–H groups in total. The van der Waals surface area contributed by atoms with Gasteiger partial charge in [-0.25, -0.2) is 9.37 Å². The molecule has 4 nitrogen and oxygen atoms in total. The summed E-state index contributed by atoms with van der Waals surface area (Å²) in [7, 11) is 0. The highest BCUT2D eigenvalue weighted by Crippen LogP contribution is 2.52. The number of aromatic nitrogens is 1. The third-order valence-electron chi connectivity index (χ3n) is 5.82. The van der Waals surface area contributed by atoms with Gasteiger partial charge >= 0.3 is 0 Å². The minimum atomic E-state index is -0.811. The monoisotopic (exact) mass is 394 g/mol. The van der Waals surface area contributed by atoms with Gasteiger partial charge in [0, 0.05) is 23.3 Å². The van der Waals surface area contributed by atoms with Crippen LogP contribution in [0.1, 0.15) is 58.6 Å². The molecule has 0 fully saturated rings. The summed E-state index contributed by atoms with van der Waals surface area (Å²) in [5.41, 5.74) is 2.21. The Balaban J connectivity index is 1.97. The van der Waals surface area contributed by atoms with Gasteiger partial charge in [0.05, 0.1) is 17.7 Å². The van der Waals surface area contributed by atoms with Gasteiger partial charge in [-0.15, -0.1) is 0 Å². The largest absolute Gasteiger partial charge is 0.491 e. The molecule has 0 saturated carbocycles. The predicted molar refractivity (Wildman–Crippen MR) is 112 cm³/mol. The number of rotatable bonds is 3. The molecule has 2 aromatic rings. The van der Waals surface area contributed by atoms with E-state index in [2.05, 4.69) is 24.1 Å². The molecule has 4 rings (SSSR count). The summed E-state index contributed by atoms with van der Waals surface area (Å²) in [6.45, 7) is 10.1. The van der Waals surface area contributed by atoms with Gasteiger partial charge < -0.3 is 10.1 Å². The molecule has 1 unspecified atom stereocenters. The molecule has 0 bridgehead atoms. The van der Waals surface area contributed by atoms with Gasteiger partial charge in [-0.3, -0.25) is 4.79 Å². The Kier molecular flexibility index (Phi) is 4.52. The molecule has 152 valence electrons. The Morgan fingerprint density at radius 3 is 2.66 bits per heavy atom. The third kappa shape index (κ3) is 3.33. The molecule has 0 radical (unpaired) electrons. The van der Waals surface area contributed by atoms with Crippen LogP contribution in [0.15, 0.2) is 47.8 Å². The zero-order valence-corrected chi connectivity index (χ0v) is 17.6. The first-order chi connectivity index (χ1) is 13.6. The molecule has 2 aliphatic rings. The number of hydrogen-bond donors (Lipinski definition) is 1. The van der Waals surface area contributed by atoms with Crippen LogP contribution in [-0.4, -0.2) is 16.9 Å².